The molecule has 0 atom stereocenters. The van der Waals surface area contributed by atoms with Crippen molar-refractivity contribution in [2.45, 2.75) is 0 Å². The largest absolute Gasteiger partial charge is 0.383 e. The second kappa shape index (κ2) is 5.62. The molecule has 0 spiro atoms. The number of hydrogen-bond donors (Lipinski definition) is 1. The molecule has 2 heterocycles. The summed E-state index contributed by atoms with van der Waals surface area (Å²) in [4.78, 5) is 8.28. The summed E-state index contributed by atoms with van der Waals surface area (Å²) in [7, 11) is 0. The fourth-order valence-corrected chi connectivity index (χ4v) is 2.22. The molecule has 0 saturated heterocycles. The highest BCUT2D eigenvalue weighted by molar-refractivity contribution is 5.83. The van der Waals surface area contributed by atoms with E-state index in [0.29, 0.717) is 16.8 Å². The van der Waals surface area contributed by atoms with Gasteiger partial charge >= 0.3 is 0 Å². The van der Waals surface area contributed by atoms with Crippen molar-refractivity contribution in [3.05, 3.63) is 66.2 Å². The van der Waals surface area contributed by atoms with Crippen LogP contribution in [0, 0.1) is 17.1 Å². The number of anilines is 1. The standard InChI is InChI=1S/C17H11FN4/c18-14-3-1-2-12(8-14)16-15(11-4-6-21-7-5-11)9-13(10-19)17(20)22-16/h1-9H,(H2,20,22). The van der Waals surface area contributed by atoms with Crippen molar-refractivity contribution >= 4 is 5.82 Å². The molecule has 0 aliphatic carbocycles. The van der Waals surface area contributed by atoms with E-state index < -0.39 is 0 Å². The molecule has 5 heteroatoms. The normalized spacial score (nSPS) is 10.2. The van der Waals surface area contributed by atoms with Crippen LogP contribution in [0.25, 0.3) is 22.4 Å². The molecule has 2 aromatic heterocycles. The minimum absolute atomic E-state index is 0.125. The molecule has 106 valence electrons. The summed E-state index contributed by atoms with van der Waals surface area (Å²) in [6.45, 7) is 0. The zero-order chi connectivity index (χ0) is 15.5. The Morgan fingerprint density at radius 2 is 1.82 bits per heavy atom. The van der Waals surface area contributed by atoms with E-state index >= 15 is 0 Å². The van der Waals surface area contributed by atoms with Gasteiger partial charge in [-0.15, -0.1) is 0 Å². The van der Waals surface area contributed by atoms with Crippen LogP contribution in [0.15, 0.2) is 54.9 Å². The quantitative estimate of drug-likeness (QED) is 0.784. The Labute approximate surface area is 126 Å². The molecule has 0 saturated carbocycles. The monoisotopic (exact) mass is 290 g/mol. The maximum atomic E-state index is 13.5. The average molecular weight is 290 g/mol. The fraction of sp³-hybridized carbons (Fsp3) is 0. The Bertz CT molecular complexity index is 870. The van der Waals surface area contributed by atoms with E-state index in [0.717, 1.165) is 5.56 Å². The SMILES string of the molecule is N#Cc1cc(-c2ccncc2)c(-c2cccc(F)c2)nc1N. The van der Waals surface area contributed by atoms with Gasteiger partial charge in [-0.2, -0.15) is 5.26 Å². The summed E-state index contributed by atoms with van der Waals surface area (Å²) >= 11 is 0. The number of nitrogens with two attached hydrogens (primary N) is 1. The molecule has 2 N–H and O–H groups in total. The molecule has 0 radical (unpaired) electrons. The Kier molecular flexibility index (Phi) is 3.50. The third-order valence-electron chi connectivity index (χ3n) is 3.26. The number of benzene rings is 1. The predicted octanol–water partition coefficient (Wildman–Crippen LogP) is 3.40. The third-order valence-corrected chi connectivity index (χ3v) is 3.26. The van der Waals surface area contributed by atoms with Crippen LogP contribution >= 0.6 is 0 Å². The van der Waals surface area contributed by atoms with Gasteiger partial charge in [-0.05, 0) is 35.9 Å². The first kappa shape index (κ1) is 13.7. The van der Waals surface area contributed by atoms with Gasteiger partial charge < -0.3 is 5.73 Å². The maximum Gasteiger partial charge on any atom is 0.142 e. The summed E-state index contributed by atoms with van der Waals surface area (Å²) in [6.07, 6.45) is 3.29. The number of nitrogen functional groups attached to an aromatic ring is 1. The van der Waals surface area contributed by atoms with E-state index in [1.165, 1.54) is 12.1 Å². The molecule has 0 unspecified atom stereocenters. The number of halogens is 1. The highest BCUT2D eigenvalue weighted by Gasteiger charge is 2.14. The van der Waals surface area contributed by atoms with Gasteiger partial charge in [-0.25, -0.2) is 9.37 Å². The van der Waals surface area contributed by atoms with Crippen LogP contribution in [-0.2, 0) is 0 Å². The van der Waals surface area contributed by atoms with E-state index in [1.807, 2.05) is 6.07 Å². The Morgan fingerprint density at radius 1 is 1.05 bits per heavy atom. The molecule has 0 fully saturated rings. The Balaban J connectivity index is 2.29. The molecule has 3 rings (SSSR count). The highest BCUT2D eigenvalue weighted by Crippen LogP contribution is 2.32. The predicted molar refractivity (Wildman–Crippen MR) is 82.0 cm³/mol. The van der Waals surface area contributed by atoms with E-state index in [2.05, 4.69) is 9.97 Å². The summed E-state index contributed by atoms with van der Waals surface area (Å²) in [6, 6.07) is 13.4. The number of rotatable bonds is 2. The zero-order valence-electron chi connectivity index (χ0n) is 11.5. The lowest BCUT2D eigenvalue weighted by molar-refractivity contribution is 0.628. The third kappa shape index (κ3) is 2.50. The van der Waals surface area contributed by atoms with Gasteiger partial charge in [0.2, 0.25) is 0 Å². The smallest absolute Gasteiger partial charge is 0.142 e. The average Bonchev–Trinajstić information content (AvgIpc) is 2.55. The molecule has 0 bridgehead atoms. The van der Waals surface area contributed by atoms with Crippen LogP contribution in [0.3, 0.4) is 0 Å². The van der Waals surface area contributed by atoms with Gasteiger partial charge in [0.25, 0.3) is 0 Å². The zero-order valence-corrected chi connectivity index (χ0v) is 11.5. The molecule has 22 heavy (non-hydrogen) atoms. The Morgan fingerprint density at radius 3 is 2.50 bits per heavy atom. The fourth-order valence-electron chi connectivity index (χ4n) is 2.22. The van der Waals surface area contributed by atoms with Crippen LogP contribution in [0.1, 0.15) is 5.56 Å². The van der Waals surface area contributed by atoms with Crippen molar-refractivity contribution in [2.24, 2.45) is 0 Å². The first-order valence-corrected chi connectivity index (χ1v) is 6.56. The lowest BCUT2D eigenvalue weighted by Gasteiger charge is -2.11. The highest BCUT2D eigenvalue weighted by atomic mass is 19.1. The first-order chi connectivity index (χ1) is 10.7. The lowest BCUT2D eigenvalue weighted by atomic mass is 9.98. The van der Waals surface area contributed by atoms with Crippen LogP contribution in [0.4, 0.5) is 10.2 Å². The molecule has 0 aliphatic rings. The van der Waals surface area contributed by atoms with Gasteiger partial charge in [0.05, 0.1) is 11.3 Å². The van der Waals surface area contributed by atoms with E-state index in [1.54, 1.807) is 42.7 Å². The summed E-state index contributed by atoms with van der Waals surface area (Å²) in [5.74, 6) is -0.234. The second-order valence-corrected chi connectivity index (χ2v) is 4.68. The van der Waals surface area contributed by atoms with Gasteiger partial charge in [-0.1, -0.05) is 12.1 Å². The van der Waals surface area contributed by atoms with Crippen molar-refractivity contribution in [2.75, 3.05) is 5.73 Å². The summed E-state index contributed by atoms with van der Waals surface area (Å²) in [5, 5.41) is 9.15. The maximum absolute atomic E-state index is 13.5. The van der Waals surface area contributed by atoms with Crippen LogP contribution in [-0.4, -0.2) is 9.97 Å². The van der Waals surface area contributed by atoms with Gasteiger partial charge in [-0.3, -0.25) is 4.98 Å². The van der Waals surface area contributed by atoms with E-state index in [-0.39, 0.29) is 17.2 Å². The number of nitrogens with zero attached hydrogens (tertiary/aromatic N) is 3. The Hall–Kier alpha value is -3.26. The van der Waals surface area contributed by atoms with E-state index in [4.69, 9.17) is 11.0 Å². The molecule has 0 aliphatic heterocycles. The molecule has 1 aromatic carbocycles. The molecule has 0 amide bonds. The second-order valence-electron chi connectivity index (χ2n) is 4.68. The molecular formula is C17H11FN4. The number of aromatic nitrogens is 2. The van der Waals surface area contributed by atoms with Crippen LogP contribution < -0.4 is 5.73 Å². The topological polar surface area (TPSA) is 75.6 Å². The summed E-state index contributed by atoms with van der Waals surface area (Å²) < 4.78 is 13.5. The lowest BCUT2D eigenvalue weighted by Crippen LogP contribution is -1.99. The van der Waals surface area contributed by atoms with Gasteiger partial charge in [0.1, 0.15) is 17.7 Å². The molecule has 4 nitrogen and oxygen atoms in total. The van der Waals surface area contributed by atoms with Gasteiger partial charge in [0, 0.05) is 23.5 Å². The van der Waals surface area contributed by atoms with Crippen molar-refractivity contribution in [3.63, 3.8) is 0 Å². The minimum Gasteiger partial charge on any atom is -0.383 e. The first-order valence-electron chi connectivity index (χ1n) is 6.56. The number of nitriles is 1. The summed E-state index contributed by atoms with van der Waals surface area (Å²) in [5.41, 5.74) is 8.77. The van der Waals surface area contributed by atoms with Gasteiger partial charge in [0.15, 0.2) is 0 Å². The molecule has 3 aromatic rings. The van der Waals surface area contributed by atoms with E-state index in [9.17, 15) is 4.39 Å². The van der Waals surface area contributed by atoms with Crippen molar-refractivity contribution < 1.29 is 4.39 Å². The number of hydrogen-bond acceptors (Lipinski definition) is 4. The van der Waals surface area contributed by atoms with Crippen molar-refractivity contribution in [1.82, 2.24) is 9.97 Å². The minimum atomic E-state index is -0.358. The van der Waals surface area contributed by atoms with Crippen LogP contribution in [0.2, 0.25) is 0 Å². The molecular weight excluding hydrogens is 279 g/mol. The van der Waals surface area contributed by atoms with Crippen molar-refractivity contribution in [3.8, 4) is 28.5 Å². The number of pyridine rings is 2. The van der Waals surface area contributed by atoms with Crippen LogP contribution in [0.5, 0.6) is 0 Å². The van der Waals surface area contributed by atoms with Crippen molar-refractivity contribution in [1.29, 1.82) is 5.26 Å².